The predicted octanol–water partition coefficient (Wildman–Crippen LogP) is 0.622. The Morgan fingerprint density at radius 2 is 2.13 bits per heavy atom. The average Bonchev–Trinajstić information content (AvgIpc) is 2.27. The molecule has 0 bridgehead atoms. The maximum absolute atomic E-state index is 11.4. The van der Waals surface area contributed by atoms with E-state index in [0.717, 1.165) is 32.4 Å². The third kappa shape index (κ3) is 3.80. The van der Waals surface area contributed by atoms with Crippen LogP contribution in [0.1, 0.15) is 26.2 Å². The normalized spacial score (nSPS) is 21.3. The van der Waals surface area contributed by atoms with Crippen molar-refractivity contribution in [1.29, 1.82) is 0 Å². The predicted molar refractivity (Wildman–Crippen MR) is 59.7 cm³/mol. The van der Waals surface area contributed by atoms with Gasteiger partial charge in [0.05, 0.1) is 7.11 Å². The Bertz CT molecular complexity index is 201. The van der Waals surface area contributed by atoms with Gasteiger partial charge < -0.3 is 15.0 Å². The molecule has 1 atom stereocenters. The summed E-state index contributed by atoms with van der Waals surface area (Å²) >= 11 is 0. The van der Waals surface area contributed by atoms with Crippen LogP contribution >= 0.6 is 0 Å². The molecule has 0 aromatic carbocycles. The molecule has 0 spiro atoms. The van der Waals surface area contributed by atoms with Crippen LogP contribution in [0.5, 0.6) is 0 Å². The second-order valence-corrected chi connectivity index (χ2v) is 4.23. The van der Waals surface area contributed by atoms with Crippen LogP contribution in [0.25, 0.3) is 0 Å². The van der Waals surface area contributed by atoms with Gasteiger partial charge in [-0.2, -0.15) is 0 Å². The molecule has 0 amide bonds. The van der Waals surface area contributed by atoms with E-state index in [1.807, 2.05) is 6.92 Å². The lowest BCUT2D eigenvalue weighted by molar-refractivity contribution is -0.143. The standard InChI is InChI=1S/C11H22N2O2/c1-4-10(11(14)15-3)12-9-5-7-13(2)8-6-9/h9-10,12H,4-8H2,1-3H3. The van der Waals surface area contributed by atoms with Gasteiger partial charge in [0, 0.05) is 6.04 Å². The lowest BCUT2D eigenvalue weighted by atomic mass is 10.0. The van der Waals surface area contributed by atoms with Crippen LogP contribution in [-0.2, 0) is 9.53 Å². The molecule has 1 rings (SSSR count). The van der Waals surface area contributed by atoms with Crippen molar-refractivity contribution in [3.63, 3.8) is 0 Å². The summed E-state index contributed by atoms with van der Waals surface area (Å²) in [5.41, 5.74) is 0. The summed E-state index contributed by atoms with van der Waals surface area (Å²) < 4.78 is 4.75. The zero-order valence-corrected chi connectivity index (χ0v) is 9.95. The maximum Gasteiger partial charge on any atom is 0.322 e. The number of methoxy groups -OCH3 is 1. The Morgan fingerprint density at radius 1 is 1.53 bits per heavy atom. The zero-order valence-electron chi connectivity index (χ0n) is 9.95. The summed E-state index contributed by atoms with van der Waals surface area (Å²) in [6, 6.07) is 0.327. The summed E-state index contributed by atoms with van der Waals surface area (Å²) in [6.07, 6.45) is 3.02. The summed E-state index contributed by atoms with van der Waals surface area (Å²) in [6.45, 7) is 4.22. The summed E-state index contributed by atoms with van der Waals surface area (Å²) in [4.78, 5) is 13.7. The molecule has 88 valence electrons. The maximum atomic E-state index is 11.4. The quantitative estimate of drug-likeness (QED) is 0.697. The molecular weight excluding hydrogens is 192 g/mol. The molecule has 1 saturated heterocycles. The molecule has 4 nitrogen and oxygen atoms in total. The van der Waals surface area contributed by atoms with Crippen LogP contribution in [0.3, 0.4) is 0 Å². The second-order valence-electron chi connectivity index (χ2n) is 4.23. The van der Waals surface area contributed by atoms with E-state index in [9.17, 15) is 4.79 Å². The van der Waals surface area contributed by atoms with E-state index in [2.05, 4.69) is 17.3 Å². The fourth-order valence-corrected chi connectivity index (χ4v) is 1.95. The molecule has 0 aromatic heterocycles. The van der Waals surface area contributed by atoms with E-state index in [1.165, 1.54) is 7.11 Å². The number of hydrogen-bond acceptors (Lipinski definition) is 4. The van der Waals surface area contributed by atoms with Gasteiger partial charge in [0.15, 0.2) is 0 Å². The van der Waals surface area contributed by atoms with E-state index < -0.39 is 0 Å². The number of piperidine rings is 1. The fourth-order valence-electron chi connectivity index (χ4n) is 1.95. The summed E-state index contributed by atoms with van der Waals surface area (Å²) in [5.74, 6) is -0.142. The SMILES string of the molecule is CCC(NC1CCN(C)CC1)C(=O)OC. The highest BCUT2D eigenvalue weighted by molar-refractivity contribution is 5.75. The van der Waals surface area contributed by atoms with Crippen LogP contribution in [0.4, 0.5) is 0 Å². The minimum Gasteiger partial charge on any atom is -0.468 e. The lowest BCUT2D eigenvalue weighted by Gasteiger charge is -2.31. The van der Waals surface area contributed by atoms with E-state index in [0.29, 0.717) is 6.04 Å². The van der Waals surface area contributed by atoms with Gasteiger partial charge >= 0.3 is 5.97 Å². The molecule has 0 radical (unpaired) electrons. The van der Waals surface area contributed by atoms with Gasteiger partial charge in [0.25, 0.3) is 0 Å². The van der Waals surface area contributed by atoms with Crippen molar-refractivity contribution in [2.24, 2.45) is 0 Å². The van der Waals surface area contributed by atoms with Gasteiger partial charge in [-0.05, 0) is 39.4 Å². The molecule has 0 saturated carbocycles. The number of rotatable bonds is 4. The average molecular weight is 214 g/mol. The molecule has 4 heteroatoms. The van der Waals surface area contributed by atoms with E-state index >= 15 is 0 Å². The number of likely N-dealkylation sites (tertiary alicyclic amines) is 1. The molecule has 15 heavy (non-hydrogen) atoms. The van der Waals surface area contributed by atoms with Crippen molar-refractivity contribution in [2.75, 3.05) is 27.2 Å². The van der Waals surface area contributed by atoms with Crippen molar-refractivity contribution in [1.82, 2.24) is 10.2 Å². The first kappa shape index (κ1) is 12.5. The van der Waals surface area contributed by atoms with Gasteiger partial charge in [-0.15, -0.1) is 0 Å². The first-order valence-corrected chi connectivity index (χ1v) is 5.69. The highest BCUT2D eigenvalue weighted by atomic mass is 16.5. The topological polar surface area (TPSA) is 41.6 Å². The first-order valence-electron chi connectivity index (χ1n) is 5.69. The van der Waals surface area contributed by atoms with Crippen molar-refractivity contribution in [2.45, 2.75) is 38.3 Å². The third-order valence-corrected chi connectivity index (χ3v) is 3.05. The largest absolute Gasteiger partial charge is 0.468 e. The Hall–Kier alpha value is -0.610. The lowest BCUT2D eigenvalue weighted by Crippen LogP contribution is -2.48. The monoisotopic (exact) mass is 214 g/mol. The Kier molecular flexibility index (Phi) is 5.05. The van der Waals surface area contributed by atoms with Crippen molar-refractivity contribution >= 4 is 5.97 Å². The molecular formula is C11H22N2O2. The third-order valence-electron chi connectivity index (χ3n) is 3.05. The second kappa shape index (κ2) is 6.08. The number of nitrogens with one attached hydrogen (secondary N) is 1. The van der Waals surface area contributed by atoms with Crippen LogP contribution in [0, 0.1) is 0 Å². The number of ether oxygens (including phenoxy) is 1. The number of esters is 1. The number of carbonyl (C=O) groups is 1. The van der Waals surface area contributed by atoms with Crippen molar-refractivity contribution < 1.29 is 9.53 Å². The van der Waals surface area contributed by atoms with Crippen LogP contribution < -0.4 is 5.32 Å². The Balaban J connectivity index is 2.35. The molecule has 1 N–H and O–H groups in total. The highest BCUT2D eigenvalue weighted by Gasteiger charge is 2.23. The van der Waals surface area contributed by atoms with E-state index in [1.54, 1.807) is 0 Å². The Morgan fingerprint density at radius 3 is 2.60 bits per heavy atom. The molecule has 0 aromatic rings. The van der Waals surface area contributed by atoms with E-state index in [4.69, 9.17) is 4.74 Å². The van der Waals surface area contributed by atoms with Crippen LogP contribution in [-0.4, -0.2) is 50.2 Å². The summed E-state index contributed by atoms with van der Waals surface area (Å²) in [5, 5.41) is 3.38. The molecule has 1 heterocycles. The molecule has 0 aliphatic carbocycles. The summed E-state index contributed by atoms with van der Waals surface area (Å²) in [7, 11) is 3.58. The molecule has 1 aliphatic heterocycles. The number of hydrogen-bond donors (Lipinski definition) is 1. The number of carbonyl (C=O) groups excluding carboxylic acids is 1. The van der Waals surface area contributed by atoms with Gasteiger partial charge in [-0.25, -0.2) is 0 Å². The number of nitrogens with zero attached hydrogens (tertiary/aromatic N) is 1. The van der Waals surface area contributed by atoms with Gasteiger partial charge in [0.1, 0.15) is 6.04 Å². The smallest absolute Gasteiger partial charge is 0.322 e. The van der Waals surface area contributed by atoms with Gasteiger partial charge in [-0.3, -0.25) is 4.79 Å². The molecule has 1 fully saturated rings. The van der Waals surface area contributed by atoms with Crippen LogP contribution in [0.15, 0.2) is 0 Å². The van der Waals surface area contributed by atoms with Crippen molar-refractivity contribution in [3.8, 4) is 0 Å². The van der Waals surface area contributed by atoms with E-state index in [-0.39, 0.29) is 12.0 Å². The van der Waals surface area contributed by atoms with Gasteiger partial charge in [0.2, 0.25) is 0 Å². The minimum absolute atomic E-state index is 0.136. The Labute approximate surface area is 92.0 Å². The van der Waals surface area contributed by atoms with Crippen LogP contribution in [0.2, 0.25) is 0 Å². The first-order chi connectivity index (χ1) is 7.17. The van der Waals surface area contributed by atoms with Gasteiger partial charge in [-0.1, -0.05) is 6.92 Å². The minimum atomic E-state index is -0.142. The molecule has 1 unspecified atom stereocenters. The highest BCUT2D eigenvalue weighted by Crippen LogP contribution is 2.10. The molecule has 1 aliphatic rings. The van der Waals surface area contributed by atoms with Crippen molar-refractivity contribution in [3.05, 3.63) is 0 Å². The fraction of sp³-hybridized carbons (Fsp3) is 0.909. The zero-order chi connectivity index (χ0) is 11.3.